The number of aliphatic hydroxyl groups excluding tert-OH is 3. The topological polar surface area (TPSA) is 162 Å². The van der Waals surface area contributed by atoms with Crippen LogP contribution in [-0.2, 0) is 20.6 Å². The lowest BCUT2D eigenvalue weighted by atomic mass is 9.97. The average molecular weight is 525 g/mol. The van der Waals surface area contributed by atoms with Crippen molar-refractivity contribution in [2.24, 2.45) is 0 Å². The number of aromatic nitrogens is 2. The molecule has 1 fully saturated rings. The Kier molecular flexibility index (Phi) is 9.03. The van der Waals surface area contributed by atoms with Gasteiger partial charge in [-0.25, -0.2) is 4.79 Å². The van der Waals surface area contributed by atoms with Crippen molar-refractivity contribution in [2.45, 2.75) is 83.6 Å². The molecule has 12 heteroatoms. The van der Waals surface area contributed by atoms with Gasteiger partial charge in [-0.05, 0) is 52.3 Å². The Hall–Kier alpha value is -2.90. The van der Waals surface area contributed by atoms with Crippen molar-refractivity contribution in [2.75, 3.05) is 13.7 Å². The summed E-state index contributed by atoms with van der Waals surface area (Å²) in [5, 5.41) is 46.8. The second-order valence-electron chi connectivity index (χ2n) is 9.47. The SMILES string of the molecule is COC(=O)OC[C@H]1O[C@](O)(Oc2nn(C(C)C)c(C)c2Cc2ccc(OC(C)C)cc2)[C@H](O)[C@@H](O)[C@@H]1O. The van der Waals surface area contributed by atoms with Crippen LogP contribution in [0.25, 0.3) is 0 Å². The van der Waals surface area contributed by atoms with E-state index in [4.69, 9.17) is 18.9 Å². The summed E-state index contributed by atoms with van der Waals surface area (Å²) >= 11 is 0. The van der Waals surface area contributed by atoms with Gasteiger partial charge in [-0.1, -0.05) is 12.1 Å². The smallest absolute Gasteiger partial charge is 0.491 e. The second-order valence-corrected chi connectivity index (χ2v) is 9.47. The zero-order valence-corrected chi connectivity index (χ0v) is 21.8. The predicted octanol–water partition coefficient (Wildman–Crippen LogP) is 1.44. The van der Waals surface area contributed by atoms with Gasteiger partial charge in [0.25, 0.3) is 0 Å². The number of carbonyl (C=O) groups is 1. The molecule has 0 saturated carbocycles. The number of hydrogen-bond donors (Lipinski definition) is 4. The van der Waals surface area contributed by atoms with Crippen molar-refractivity contribution < 1.29 is 48.9 Å². The molecule has 2 heterocycles. The molecule has 3 rings (SSSR count). The molecule has 0 amide bonds. The first kappa shape index (κ1) is 28.7. The fourth-order valence-electron chi connectivity index (χ4n) is 4.02. The van der Waals surface area contributed by atoms with Gasteiger partial charge in [-0.15, -0.1) is 5.10 Å². The second kappa shape index (κ2) is 11.7. The van der Waals surface area contributed by atoms with E-state index in [1.165, 1.54) is 0 Å². The van der Waals surface area contributed by atoms with Crippen molar-refractivity contribution in [3.05, 3.63) is 41.1 Å². The van der Waals surface area contributed by atoms with Crippen LogP contribution in [0.1, 0.15) is 50.6 Å². The minimum atomic E-state index is -2.81. The van der Waals surface area contributed by atoms with Crippen LogP contribution in [0.3, 0.4) is 0 Å². The van der Waals surface area contributed by atoms with Crippen molar-refractivity contribution in [3.8, 4) is 11.6 Å². The maximum Gasteiger partial charge on any atom is 0.508 e. The lowest BCUT2D eigenvalue weighted by molar-refractivity contribution is -0.423. The predicted molar refractivity (Wildman–Crippen MR) is 129 cm³/mol. The van der Waals surface area contributed by atoms with E-state index >= 15 is 0 Å². The van der Waals surface area contributed by atoms with Gasteiger partial charge in [0.15, 0.2) is 6.10 Å². The molecule has 12 nitrogen and oxygen atoms in total. The first-order chi connectivity index (χ1) is 17.4. The molecular weight excluding hydrogens is 488 g/mol. The lowest BCUT2D eigenvalue weighted by Gasteiger charge is -2.44. The monoisotopic (exact) mass is 524 g/mol. The Labute approximate surface area is 215 Å². The minimum Gasteiger partial charge on any atom is -0.491 e. The van der Waals surface area contributed by atoms with E-state index in [1.807, 2.05) is 58.9 Å². The molecular formula is C25H36N2O10. The number of nitrogens with zero attached hydrogens (tertiary/aromatic N) is 2. The van der Waals surface area contributed by atoms with E-state index in [0.29, 0.717) is 12.0 Å². The molecule has 1 saturated heterocycles. The van der Waals surface area contributed by atoms with E-state index in [2.05, 4.69) is 9.84 Å². The van der Waals surface area contributed by atoms with E-state index in [0.717, 1.165) is 24.1 Å². The Morgan fingerprint density at radius 1 is 1.14 bits per heavy atom. The van der Waals surface area contributed by atoms with E-state index in [9.17, 15) is 25.2 Å². The summed E-state index contributed by atoms with van der Waals surface area (Å²) in [4.78, 5) is 11.3. The maximum absolute atomic E-state index is 11.3. The van der Waals surface area contributed by atoms with Crippen LogP contribution in [0.15, 0.2) is 24.3 Å². The molecule has 5 atom stereocenters. The fraction of sp³-hybridized carbons (Fsp3) is 0.600. The summed E-state index contributed by atoms with van der Waals surface area (Å²) in [6.45, 7) is 8.99. The van der Waals surface area contributed by atoms with Gasteiger partial charge >= 0.3 is 12.1 Å². The van der Waals surface area contributed by atoms with E-state index < -0.39 is 43.2 Å². The van der Waals surface area contributed by atoms with Crippen molar-refractivity contribution in [3.63, 3.8) is 0 Å². The third-order valence-corrected chi connectivity index (χ3v) is 5.93. The molecule has 2 aromatic rings. The molecule has 1 aromatic heterocycles. The third-order valence-electron chi connectivity index (χ3n) is 5.93. The minimum absolute atomic E-state index is 0.0357. The molecule has 0 aliphatic carbocycles. The summed E-state index contributed by atoms with van der Waals surface area (Å²) in [6, 6.07) is 7.44. The summed E-state index contributed by atoms with van der Waals surface area (Å²) < 4.78 is 27.7. The highest BCUT2D eigenvalue weighted by atomic mass is 16.8. The molecule has 0 spiro atoms. The summed E-state index contributed by atoms with van der Waals surface area (Å²) in [5.41, 5.74) is 2.27. The summed E-state index contributed by atoms with van der Waals surface area (Å²) in [7, 11) is 1.10. The molecule has 1 aliphatic heterocycles. The van der Waals surface area contributed by atoms with Crippen LogP contribution >= 0.6 is 0 Å². The largest absolute Gasteiger partial charge is 0.508 e. The molecule has 1 aliphatic rings. The standard InChI is InChI=1S/C25H36N2O10/c1-13(2)27-15(5)18(11-16-7-9-17(10-8-16)35-14(3)4)23(26-27)37-25(32)22(30)21(29)20(28)19(36-25)12-34-24(31)33-6/h7-10,13-14,19-22,28-30,32H,11-12H2,1-6H3/t19-,20-,21+,22-,25+/m1/s1. The van der Waals surface area contributed by atoms with Crippen LogP contribution in [-0.4, -0.2) is 86.6 Å². The highest BCUT2D eigenvalue weighted by Crippen LogP contribution is 2.35. The molecule has 0 radical (unpaired) electrons. The molecule has 206 valence electrons. The third kappa shape index (κ3) is 6.51. The highest BCUT2D eigenvalue weighted by molar-refractivity contribution is 5.59. The Bertz CT molecular complexity index is 1050. The zero-order chi connectivity index (χ0) is 27.5. The lowest BCUT2D eigenvalue weighted by Crippen LogP contribution is -2.67. The number of ether oxygens (including phenoxy) is 5. The maximum atomic E-state index is 11.3. The Morgan fingerprint density at radius 3 is 2.35 bits per heavy atom. The van der Waals surface area contributed by atoms with Crippen LogP contribution < -0.4 is 9.47 Å². The van der Waals surface area contributed by atoms with Crippen molar-refractivity contribution in [1.82, 2.24) is 9.78 Å². The number of methoxy groups -OCH3 is 1. The first-order valence-electron chi connectivity index (χ1n) is 12.0. The number of benzene rings is 1. The van der Waals surface area contributed by atoms with Gasteiger partial charge in [-0.2, -0.15) is 0 Å². The van der Waals surface area contributed by atoms with Crippen molar-refractivity contribution in [1.29, 1.82) is 0 Å². The van der Waals surface area contributed by atoms with Crippen LogP contribution in [0, 0.1) is 6.92 Å². The summed E-state index contributed by atoms with van der Waals surface area (Å²) in [6.07, 6.45) is -7.73. The normalized spacial score (nSPS) is 25.8. The van der Waals surface area contributed by atoms with E-state index in [1.54, 1.807) is 4.68 Å². The van der Waals surface area contributed by atoms with Gasteiger partial charge < -0.3 is 44.1 Å². The molecule has 37 heavy (non-hydrogen) atoms. The van der Waals surface area contributed by atoms with Crippen LogP contribution in [0.2, 0.25) is 0 Å². The molecule has 0 bridgehead atoms. The number of carbonyl (C=O) groups excluding carboxylic acids is 1. The average Bonchev–Trinajstić information content (AvgIpc) is 3.14. The fourth-order valence-corrected chi connectivity index (χ4v) is 4.02. The number of aliphatic hydroxyl groups is 4. The molecule has 0 unspecified atom stereocenters. The van der Waals surface area contributed by atoms with Gasteiger partial charge in [0.05, 0.1) is 13.2 Å². The summed E-state index contributed by atoms with van der Waals surface area (Å²) in [5.74, 6) is -2.12. The first-order valence-corrected chi connectivity index (χ1v) is 12.0. The number of hydrogen-bond acceptors (Lipinski definition) is 11. The Morgan fingerprint density at radius 2 is 1.78 bits per heavy atom. The molecule has 1 aromatic carbocycles. The Balaban J connectivity index is 1.90. The highest BCUT2D eigenvalue weighted by Gasteiger charge is 2.56. The molecule has 4 N–H and O–H groups in total. The zero-order valence-electron chi connectivity index (χ0n) is 21.8. The quantitative estimate of drug-likeness (QED) is 0.277. The van der Waals surface area contributed by atoms with E-state index in [-0.39, 0.29) is 18.0 Å². The van der Waals surface area contributed by atoms with Crippen LogP contribution in [0.5, 0.6) is 11.6 Å². The number of rotatable bonds is 9. The van der Waals surface area contributed by atoms with Crippen LogP contribution in [0.4, 0.5) is 4.79 Å². The van der Waals surface area contributed by atoms with Gasteiger partial charge in [0.1, 0.15) is 30.7 Å². The van der Waals surface area contributed by atoms with Gasteiger partial charge in [-0.3, -0.25) is 4.68 Å². The van der Waals surface area contributed by atoms with Crippen molar-refractivity contribution >= 4 is 6.16 Å². The van der Waals surface area contributed by atoms with Gasteiger partial charge in [0, 0.05) is 23.7 Å². The van der Waals surface area contributed by atoms with Gasteiger partial charge in [0.2, 0.25) is 5.88 Å².